The van der Waals surface area contributed by atoms with Crippen LogP contribution in [0.3, 0.4) is 0 Å². The van der Waals surface area contributed by atoms with Crippen molar-refractivity contribution in [1.29, 1.82) is 5.26 Å². The van der Waals surface area contributed by atoms with Crippen molar-refractivity contribution in [3.63, 3.8) is 0 Å². The topological polar surface area (TPSA) is 116 Å². The Morgan fingerprint density at radius 1 is 1.21 bits per heavy atom. The van der Waals surface area contributed by atoms with Gasteiger partial charge in [0.25, 0.3) is 0 Å². The molecule has 1 aromatic carbocycles. The Morgan fingerprint density at radius 3 is 2.94 bits per heavy atom. The number of nitrogen functional groups attached to an aromatic ring is 1. The Morgan fingerprint density at radius 2 is 2.09 bits per heavy atom. The summed E-state index contributed by atoms with van der Waals surface area (Å²) >= 11 is 0. The molecule has 0 fully saturated rings. The van der Waals surface area contributed by atoms with Gasteiger partial charge in [-0.1, -0.05) is 0 Å². The number of nitriles is 1. The summed E-state index contributed by atoms with van der Waals surface area (Å²) in [5, 5.41) is 14.4. The predicted molar refractivity (Wildman–Crippen MR) is 118 cm³/mol. The normalized spacial score (nSPS) is 18.1. The number of halogens is 1. The SMILES string of the molecule is C[C@H]1Oc2cc(cnc2N)-c2c(C#N)nn3c2C(CC3)c2cncnc2-c2ccc(F)cc21. The van der Waals surface area contributed by atoms with Crippen molar-refractivity contribution < 1.29 is 9.13 Å². The first-order valence-corrected chi connectivity index (χ1v) is 10.6. The first kappa shape index (κ1) is 19.4. The van der Waals surface area contributed by atoms with Gasteiger partial charge >= 0.3 is 0 Å². The highest BCUT2D eigenvalue weighted by Gasteiger charge is 2.35. The second-order valence-corrected chi connectivity index (χ2v) is 8.21. The molecule has 0 radical (unpaired) electrons. The molecule has 2 bridgehead atoms. The zero-order chi connectivity index (χ0) is 22.7. The van der Waals surface area contributed by atoms with E-state index in [1.807, 2.05) is 11.6 Å². The van der Waals surface area contributed by atoms with E-state index in [2.05, 4.69) is 26.1 Å². The fourth-order valence-corrected chi connectivity index (χ4v) is 4.90. The average Bonchev–Trinajstić information content (AvgIpc) is 3.39. The third-order valence-corrected chi connectivity index (χ3v) is 6.35. The summed E-state index contributed by atoms with van der Waals surface area (Å²) in [6, 6.07) is 8.58. The molecular formula is C24H18FN7O. The van der Waals surface area contributed by atoms with Gasteiger partial charge < -0.3 is 10.5 Å². The van der Waals surface area contributed by atoms with Crippen LogP contribution in [0.15, 0.2) is 43.0 Å². The van der Waals surface area contributed by atoms with E-state index in [-0.39, 0.29) is 17.6 Å². The molecule has 5 heterocycles. The number of nitrogens with zero attached hydrogens (tertiary/aromatic N) is 6. The molecule has 8 nitrogen and oxygen atoms in total. The Hall–Kier alpha value is -4.32. The Kier molecular flexibility index (Phi) is 4.17. The van der Waals surface area contributed by atoms with Crippen LogP contribution >= 0.6 is 0 Å². The molecule has 2 N–H and O–H groups in total. The maximum absolute atomic E-state index is 14.3. The largest absolute Gasteiger partial charge is 0.482 e. The summed E-state index contributed by atoms with van der Waals surface area (Å²) in [5.74, 6) is 0.103. The lowest BCUT2D eigenvalue weighted by molar-refractivity contribution is 0.227. The lowest BCUT2D eigenvalue weighted by Crippen LogP contribution is -2.11. The van der Waals surface area contributed by atoms with Crippen LogP contribution in [0, 0.1) is 17.1 Å². The Balaban J connectivity index is 1.72. The van der Waals surface area contributed by atoms with E-state index in [0.717, 1.165) is 23.2 Å². The fraction of sp³-hybridized carbons (Fsp3) is 0.208. The predicted octanol–water partition coefficient (Wildman–Crippen LogP) is 3.98. The molecule has 0 spiro atoms. The van der Waals surface area contributed by atoms with Crippen LogP contribution < -0.4 is 10.5 Å². The minimum Gasteiger partial charge on any atom is -0.482 e. The first-order chi connectivity index (χ1) is 16.0. The van der Waals surface area contributed by atoms with E-state index in [0.29, 0.717) is 40.4 Å². The van der Waals surface area contributed by atoms with Gasteiger partial charge in [-0.2, -0.15) is 10.4 Å². The molecule has 1 unspecified atom stereocenters. The molecule has 33 heavy (non-hydrogen) atoms. The summed E-state index contributed by atoms with van der Waals surface area (Å²) in [6.45, 7) is 2.48. The van der Waals surface area contributed by atoms with E-state index in [4.69, 9.17) is 10.5 Å². The first-order valence-electron chi connectivity index (χ1n) is 10.6. The molecule has 0 aliphatic carbocycles. The minimum atomic E-state index is -0.543. The second kappa shape index (κ2) is 7.10. The summed E-state index contributed by atoms with van der Waals surface area (Å²) < 4.78 is 22.4. The molecular weight excluding hydrogens is 421 g/mol. The van der Waals surface area contributed by atoms with Gasteiger partial charge in [0.2, 0.25) is 0 Å². The second-order valence-electron chi connectivity index (χ2n) is 8.21. The molecule has 2 atom stereocenters. The van der Waals surface area contributed by atoms with Crippen LogP contribution in [0.1, 0.15) is 47.9 Å². The highest BCUT2D eigenvalue weighted by atomic mass is 19.1. The maximum Gasteiger partial charge on any atom is 0.170 e. The highest BCUT2D eigenvalue weighted by molar-refractivity contribution is 5.77. The van der Waals surface area contributed by atoms with Crippen molar-refractivity contribution in [1.82, 2.24) is 24.7 Å². The maximum atomic E-state index is 14.3. The van der Waals surface area contributed by atoms with Crippen molar-refractivity contribution in [2.45, 2.75) is 31.9 Å². The van der Waals surface area contributed by atoms with Crippen molar-refractivity contribution in [2.24, 2.45) is 0 Å². The zero-order valence-electron chi connectivity index (χ0n) is 17.7. The number of nitrogens with two attached hydrogens (primary N) is 1. The molecule has 3 aromatic heterocycles. The van der Waals surface area contributed by atoms with Crippen LogP contribution in [0.2, 0.25) is 0 Å². The number of hydrogen-bond acceptors (Lipinski definition) is 7. The summed E-state index contributed by atoms with van der Waals surface area (Å²) in [7, 11) is 0. The van der Waals surface area contributed by atoms with E-state index < -0.39 is 6.10 Å². The van der Waals surface area contributed by atoms with Crippen molar-refractivity contribution in [3.05, 3.63) is 71.3 Å². The van der Waals surface area contributed by atoms with Crippen LogP contribution in [-0.2, 0) is 6.54 Å². The number of anilines is 1. The van der Waals surface area contributed by atoms with Gasteiger partial charge in [0.05, 0.1) is 11.4 Å². The van der Waals surface area contributed by atoms with Crippen LogP contribution in [0.4, 0.5) is 10.2 Å². The number of rotatable bonds is 0. The molecule has 9 heteroatoms. The number of aryl methyl sites for hydroxylation is 1. The van der Waals surface area contributed by atoms with E-state index in [1.54, 1.807) is 24.5 Å². The zero-order valence-corrected chi connectivity index (χ0v) is 17.7. The summed E-state index contributed by atoms with van der Waals surface area (Å²) in [5.41, 5.74) is 11.7. The van der Waals surface area contributed by atoms with E-state index in [9.17, 15) is 9.65 Å². The Labute approximate surface area is 188 Å². The smallest absolute Gasteiger partial charge is 0.170 e. The minimum absolute atomic E-state index is 0.0969. The molecule has 2 aliphatic rings. The molecule has 6 rings (SSSR count). The van der Waals surface area contributed by atoms with Crippen LogP contribution in [-0.4, -0.2) is 24.7 Å². The number of ether oxygens (including phenoxy) is 1. The number of benzene rings is 1. The van der Waals surface area contributed by atoms with E-state index in [1.165, 1.54) is 18.5 Å². The molecule has 0 saturated carbocycles. The highest BCUT2D eigenvalue weighted by Crippen LogP contribution is 2.46. The molecule has 0 saturated heterocycles. The molecule has 0 amide bonds. The molecule has 2 aliphatic heterocycles. The van der Waals surface area contributed by atoms with Crippen LogP contribution in [0.25, 0.3) is 22.4 Å². The number of fused-ring (bicyclic) bond motifs is 7. The van der Waals surface area contributed by atoms with Gasteiger partial charge in [-0.15, -0.1) is 0 Å². The molecule has 162 valence electrons. The summed E-state index contributed by atoms with van der Waals surface area (Å²) in [4.78, 5) is 13.2. The van der Waals surface area contributed by atoms with Gasteiger partial charge in [-0.25, -0.2) is 19.3 Å². The quantitative estimate of drug-likeness (QED) is 0.440. The molecule has 4 aromatic rings. The van der Waals surface area contributed by atoms with Gasteiger partial charge in [-0.05, 0) is 37.6 Å². The van der Waals surface area contributed by atoms with Crippen molar-refractivity contribution in [2.75, 3.05) is 5.73 Å². The number of pyridine rings is 1. The van der Waals surface area contributed by atoms with Gasteiger partial charge in [-0.3, -0.25) is 4.68 Å². The summed E-state index contributed by atoms with van der Waals surface area (Å²) in [6.07, 6.45) is 5.14. The van der Waals surface area contributed by atoms with Gasteiger partial charge in [0.15, 0.2) is 17.3 Å². The average molecular weight is 439 g/mol. The third kappa shape index (κ3) is 2.88. The van der Waals surface area contributed by atoms with Crippen molar-refractivity contribution in [3.8, 4) is 34.2 Å². The third-order valence-electron chi connectivity index (χ3n) is 6.35. The number of hydrogen-bond donors (Lipinski definition) is 1. The van der Waals surface area contributed by atoms with Gasteiger partial charge in [0, 0.05) is 52.7 Å². The van der Waals surface area contributed by atoms with Crippen molar-refractivity contribution >= 4 is 5.82 Å². The lowest BCUT2D eigenvalue weighted by atomic mass is 9.86. The number of aromatic nitrogens is 5. The lowest BCUT2D eigenvalue weighted by Gasteiger charge is -2.23. The van der Waals surface area contributed by atoms with E-state index >= 15 is 0 Å². The van der Waals surface area contributed by atoms with Gasteiger partial charge in [0.1, 0.15) is 24.3 Å². The fourth-order valence-electron chi connectivity index (χ4n) is 4.90. The monoisotopic (exact) mass is 439 g/mol. The standard InChI is InChI=1S/C24H18FN7O/c1-12-17-7-14(25)2-3-15(17)22-18(10-28-11-30-22)16-4-5-32-23(16)21(19(8-26)31-32)13-6-20(33-12)24(27)29-9-13/h2-3,6-7,9-12,16H,4-5H2,1H3,(H2,27,29)/t12-,16?/m1/s1. The van der Waals surface area contributed by atoms with Crippen LogP contribution in [0.5, 0.6) is 5.75 Å². The Bertz CT molecular complexity index is 1470.